The summed E-state index contributed by atoms with van der Waals surface area (Å²) in [5, 5.41) is -1.23. The molecule has 1 rings (SSSR count). The van der Waals surface area contributed by atoms with Gasteiger partial charge in [0.15, 0.2) is 5.78 Å². The number of carbonyl (C=O) groups excluding carboxylic acids is 1. The SMILES string of the molecule is O=C(CCl)c1cc(Cl)c(C(F)(F)F)c(Cl)c1. The van der Waals surface area contributed by atoms with Crippen LogP contribution in [0.4, 0.5) is 13.2 Å². The first kappa shape index (κ1) is 13.6. The number of benzene rings is 1. The van der Waals surface area contributed by atoms with Crippen LogP contribution in [0.2, 0.25) is 10.0 Å². The predicted molar refractivity (Wildman–Crippen MR) is 56.5 cm³/mol. The Morgan fingerprint density at radius 2 is 1.62 bits per heavy atom. The number of alkyl halides is 4. The topological polar surface area (TPSA) is 17.1 Å². The Kier molecular flexibility index (Phi) is 4.10. The van der Waals surface area contributed by atoms with Gasteiger partial charge in [-0.1, -0.05) is 23.2 Å². The van der Waals surface area contributed by atoms with Crippen LogP contribution in [-0.4, -0.2) is 11.7 Å². The molecule has 0 spiro atoms. The van der Waals surface area contributed by atoms with E-state index in [4.69, 9.17) is 34.8 Å². The van der Waals surface area contributed by atoms with Gasteiger partial charge in [0.25, 0.3) is 0 Å². The summed E-state index contributed by atoms with van der Waals surface area (Å²) in [4.78, 5) is 11.1. The Hall–Kier alpha value is -0.450. The van der Waals surface area contributed by atoms with Gasteiger partial charge >= 0.3 is 6.18 Å². The summed E-state index contributed by atoms with van der Waals surface area (Å²) in [5.41, 5.74) is -1.19. The van der Waals surface area contributed by atoms with Crippen molar-refractivity contribution in [2.45, 2.75) is 6.18 Å². The lowest BCUT2D eigenvalue weighted by Gasteiger charge is -2.11. The van der Waals surface area contributed by atoms with Crippen molar-refractivity contribution in [3.63, 3.8) is 0 Å². The zero-order valence-electron chi connectivity index (χ0n) is 7.54. The zero-order chi connectivity index (χ0) is 12.5. The van der Waals surface area contributed by atoms with Crippen LogP contribution >= 0.6 is 34.8 Å². The number of halogens is 6. The van der Waals surface area contributed by atoms with Crippen molar-refractivity contribution in [2.75, 3.05) is 5.88 Å². The summed E-state index contributed by atoms with van der Waals surface area (Å²) in [6.07, 6.45) is -4.66. The van der Waals surface area contributed by atoms with E-state index < -0.39 is 27.6 Å². The normalized spacial score (nSPS) is 11.6. The van der Waals surface area contributed by atoms with E-state index in [1.165, 1.54) is 0 Å². The summed E-state index contributed by atoms with van der Waals surface area (Å²) in [7, 11) is 0. The highest BCUT2D eigenvalue weighted by Crippen LogP contribution is 2.40. The minimum absolute atomic E-state index is 0.0435. The molecule has 0 unspecified atom stereocenters. The maximum Gasteiger partial charge on any atom is 0.419 e. The average Bonchev–Trinajstić information content (AvgIpc) is 2.13. The molecule has 88 valence electrons. The molecule has 16 heavy (non-hydrogen) atoms. The monoisotopic (exact) mass is 290 g/mol. The van der Waals surface area contributed by atoms with Crippen molar-refractivity contribution in [2.24, 2.45) is 0 Å². The van der Waals surface area contributed by atoms with Crippen LogP contribution in [0.15, 0.2) is 12.1 Å². The van der Waals surface area contributed by atoms with Crippen molar-refractivity contribution in [1.29, 1.82) is 0 Å². The molecule has 0 saturated heterocycles. The molecular weight excluding hydrogens is 287 g/mol. The second-order valence-corrected chi connectivity index (χ2v) is 3.95. The van der Waals surface area contributed by atoms with Crippen molar-refractivity contribution in [3.8, 4) is 0 Å². The van der Waals surface area contributed by atoms with E-state index in [1.807, 2.05) is 0 Å². The predicted octanol–water partition coefficient (Wildman–Crippen LogP) is 4.43. The van der Waals surface area contributed by atoms with Gasteiger partial charge in [-0.05, 0) is 12.1 Å². The third kappa shape index (κ3) is 2.81. The molecular formula is C9H4Cl3F3O. The first-order chi connectivity index (χ1) is 7.27. The van der Waals surface area contributed by atoms with Gasteiger partial charge in [-0.3, -0.25) is 4.79 Å². The van der Waals surface area contributed by atoms with Crippen LogP contribution in [-0.2, 0) is 6.18 Å². The third-order valence-corrected chi connectivity index (χ3v) is 2.61. The lowest BCUT2D eigenvalue weighted by Crippen LogP contribution is -2.09. The lowest BCUT2D eigenvalue weighted by molar-refractivity contribution is -0.137. The smallest absolute Gasteiger partial charge is 0.293 e. The molecule has 0 saturated carbocycles. The van der Waals surface area contributed by atoms with Crippen molar-refractivity contribution < 1.29 is 18.0 Å². The molecule has 0 atom stereocenters. The van der Waals surface area contributed by atoms with Gasteiger partial charge in [0, 0.05) is 5.56 Å². The van der Waals surface area contributed by atoms with E-state index in [1.54, 1.807) is 0 Å². The number of ketones is 1. The summed E-state index contributed by atoms with van der Waals surface area (Å²) in [5.74, 6) is -0.892. The van der Waals surface area contributed by atoms with E-state index in [0.29, 0.717) is 0 Å². The van der Waals surface area contributed by atoms with Gasteiger partial charge in [-0.15, -0.1) is 11.6 Å². The second-order valence-electron chi connectivity index (χ2n) is 2.87. The van der Waals surface area contributed by atoms with E-state index >= 15 is 0 Å². The van der Waals surface area contributed by atoms with Crippen LogP contribution in [0, 0.1) is 0 Å². The number of rotatable bonds is 2. The maximum atomic E-state index is 12.4. The van der Waals surface area contributed by atoms with Gasteiger partial charge in [0.2, 0.25) is 0 Å². The molecule has 0 bridgehead atoms. The van der Waals surface area contributed by atoms with Gasteiger partial charge in [-0.2, -0.15) is 13.2 Å². The average molecular weight is 291 g/mol. The van der Waals surface area contributed by atoms with Gasteiger partial charge in [0.1, 0.15) is 0 Å². The summed E-state index contributed by atoms with van der Waals surface area (Å²) >= 11 is 16.1. The van der Waals surface area contributed by atoms with E-state index in [0.717, 1.165) is 12.1 Å². The highest BCUT2D eigenvalue weighted by Gasteiger charge is 2.36. The van der Waals surface area contributed by atoms with E-state index in [9.17, 15) is 18.0 Å². The number of Topliss-reactive ketones (excluding diaryl/α,β-unsaturated/α-hetero) is 1. The molecule has 0 aromatic heterocycles. The number of hydrogen-bond acceptors (Lipinski definition) is 1. The second kappa shape index (κ2) is 4.82. The van der Waals surface area contributed by atoms with Crippen LogP contribution < -0.4 is 0 Å². The van der Waals surface area contributed by atoms with Crippen molar-refractivity contribution in [1.82, 2.24) is 0 Å². The fraction of sp³-hybridized carbons (Fsp3) is 0.222. The Labute approximate surface area is 104 Å². The van der Waals surface area contributed by atoms with Gasteiger partial charge in [-0.25, -0.2) is 0 Å². The lowest BCUT2D eigenvalue weighted by atomic mass is 10.1. The Morgan fingerprint density at radius 3 is 1.94 bits per heavy atom. The van der Waals surface area contributed by atoms with E-state index in [-0.39, 0.29) is 11.4 Å². The molecule has 0 N–H and O–H groups in total. The van der Waals surface area contributed by atoms with Crippen molar-refractivity contribution >= 4 is 40.6 Å². The molecule has 0 radical (unpaired) electrons. The molecule has 1 aromatic carbocycles. The highest BCUT2D eigenvalue weighted by atomic mass is 35.5. The quantitative estimate of drug-likeness (QED) is 0.582. The largest absolute Gasteiger partial charge is 0.419 e. The molecule has 1 nitrogen and oxygen atoms in total. The summed E-state index contributed by atoms with van der Waals surface area (Å²) in [6, 6.07) is 1.81. The van der Waals surface area contributed by atoms with Crippen LogP contribution in [0.1, 0.15) is 15.9 Å². The number of carbonyl (C=O) groups is 1. The Bertz CT molecular complexity index is 405. The number of hydrogen-bond donors (Lipinski definition) is 0. The molecule has 0 amide bonds. The molecule has 0 aliphatic heterocycles. The summed E-state index contributed by atoms with van der Waals surface area (Å²) < 4.78 is 37.3. The Balaban J connectivity index is 3.34. The van der Waals surface area contributed by atoms with Crippen molar-refractivity contribution in [3.05, 3.63) is 33.3 Å². The maximum absolute atomic E-state index is 12.4. The molecule has 7 heteroatoms. The third-order valence-electron chi connectivity index (χ3n) is 1.77. The molecule has 1 aromatic rings. The molecule has 0 heterocycles. The highest BCUT2D eigenvalue weighted by molar-refractivity contribution is 6.37. The van der Waals surface area contributed by atoms with Gasteiger partial charge < -0.3 is 0 Å². The van der Waals surface area contributed by atoms with E-state index in [2.05, 4.69) is 0 Å². The Morgan fingerprint density at radius 1 is 1.19 bits per heavy atom. The van der Waals surface area contributed by atoms with Crippen LogP contribution in [0.5, 0.6) is 0 Å². The first-order valence-electron chi connectivity index (χ1n) is 3.92. The van der Waals surface area contributed by atoms with Crippen LogP contribution in [0.3, 0.4) is 0 Å². The van der Waals surface area contributed by atoms with Gasteiger partial charge in [0.05, 0.1) is 21.5 Å². The minimum Gasteiger partial charge on any atom is -0.293 e. The molecule has 0 fully saturated rings. The minimum atomic E-state index is -4.66. The molecule has 0 aliphatic carbocycles. The zero-order valence-corrected chi connectivity index (χ0v) is 9.81. The summed E-state index contributed by atoms with van der Waals surface area (Å²) in [6.45, 7) is 0. The fourth-order valence-corrected chi connectivity index (χ4v) is 1.94. The molecule has 0 aliphatic rings. The first-order valence-corrected chi connectivity index (χ1v) is 5.22. The fourth-order valence-electron chi connectivity index (χ4n) is 1.08. The standard InChI is InChI=1S/C9H4Cl3F3O/c10-3-7(16)4-1-5(11)8(6(12)2-4)9(13,14)15/h1-2H,3H2. The van der Waals surface area contributed by atoms with Crippen LogP contribution in [0.25, 0.3) is 0 Å².